The lowest BCUT2D eigenvalue weighted by Gasteiger charge is -2.22. The molecule has 0 saturated carbocycles. The van der Waals surface area contributed by atoms with Crippen molar-refractivity contribution in [2.24, 2.45) is 11.7 Å². The van der Waals surface area contributed by atoms with Gasteiger partial charge in [0, 0.05) is 5.56 Å². The molecule has 0 aliphatic carbocycles. The lowest BCUT2D eigenvalue weighted by atomic mass is 9.86. The highest BCUT2D eigenvalue weighted by Crippen LogP contribution is 2.45. The third-order valence-electron chi connectivity index (χ3n) is 4.65. The second-order valence-corrected chi connectivity index (χ2v) is 7.05. The van der Waals surface area contributed by atoms with Crippen LogP contribution >= 0.6 is 0 Å². The summed E-state index contributed by atoms with van der Waals surface area (Å²) in [5.74, 6) is 1.18. The first kappa shape index (κ1) is 17.0. The number of hydrogen-bond donors (Lipinski definition) is 2. The number of allylic oxidation sites excluding steroid dienone is 1. The third-order valence-corrected chi connectivity index (χ3v) is 4.65. The standard InChI is InChI=1S/C21H20N4O2/c1-12(2)10-13-5-7-14(8-6-13)19-18-17(16-4-3-9-26-16)15(11-22)20(23)27-21(18)25-24-19/h3-9,12,17H,10,23H2,1-2H3,(H,24,25)/t17-/m0/s1. The number of hydrogen-bond acceptors (Lipinski definition) is 5. The molecule has 1 atom stereocenters. The predicted molar refractivity (Wildman–Crippen MR) is 101 cm³/mol. The predicted octanol–water partition coefficient (Wildman–Crippen LogP) is 4.09. The van der Waals surface area contributed by atoms with E-state index in [0.29, 0.717) is 23.1 Å². The first-order valence-electron chi connectivity index (χ1n) is 8.87. The zero-order valence-corrected chi connectivity index (χ0v) is 15.2. The minimum Gasteiger partial charge on any atom is -0.468 e. The van der Waals surface area contributed by atoms with Crippen molar-refractivity contribution < 1.29 is 9.15 Å². The van der Waals surface area contributed by atoms with Gasteiger partial charge >= 0.3 is 0 Å². The van der Waals surface area contributed by atoms with Crippen molar-refractivity contribution in [1.29, 1.82) is 5.26 Å². The second kappa shape index (κ2) is 6.69. The third kappa shape index (κ3) is 2.97. The maximum Gasteiger partial charge on any atom is 0.244 e. The second-order valence-electron chi connectivity index (χ2n) is 7.05. The molecule has 0 radical (unpaired) electrons. The van der Waals surface area contributed by atoms with E-state index in [-0.39, 0.29) is 5.88 Å². The first-order valence-corrected chi connectivity index (χ1v) is 8.87. The van der Waals surface area contributed by atoms with Crippen LogP contribution in [0.1, 0.15) is 36.7 Å². The summed E-state index contributed by atoms with van der Waals surface area (Å²) in [6, 6.07) is 14.1. The van der Waals surface area contributed by atoms with Crippen LogP contribution in [0.2, 0.25) is 0 Å². The lowest BCUT2D eigenvalue weighted by Crippen LogP contribution is -2.20. The van der Waals surface area contributed by atoms with Gasteiger partial charge in [-0.1, -0.05) is 38.1 Å². The minimum atomic E-state index is -0.460. The number of nitrogens with one attached hydrogen (secondary N) is 1. The molecule has 3 aromatic rings. The Morgan fingerprint density at radius 1 is 1.26 bits per heavy atom. The van der Waals surface area contributed by atoms with E-state index in [9.17, 15) is 5.26 Å². The van der Waals surface area contributed by atoms with Crippen molar-refractivity contribution >= 4 is 0 Å². The van der Waals surface area contributed by atoms with Crippen molar-refractivity contribution in [1.82, 2.24) is 10.2 Å². The Hall–Kier alpha value is -3.46. The Kier molecular flexibility index (Phi) is 4.21. The Labute approximate surface area is 157 Å². The molecular weight excluding hydrogens is 340 g/mol. The molecule has 27 heavy (non-hydrogen) atoms. The smallest absolute Gasteiger partial charge is 0.244 e. The zero-order valence-electron chi connectivity index (χ0n) is 15.2. The van der Waals surface area contributed by atoms with Crippen LogP contribution in [-0.4, -0.2) is 10.2 Å². The van der Waals surface area contributed by atoms with Crippen LogP contribution in [0.4, 0.5) is 0 Å². The molecule has 1 aliphatic heterocycles. The van der Waals surface area contributed by atoms with Crippen LogP contribution in [0.5, 0.6) is 5.88 Å². The molecule has 3 N–H and O–H groups in total. The number of nitrogens with two attached hydrogens (primary N) is 1. The summed E-state index contributed by atoms with van der Waals surface area (Å²) in [5.41, 5.74) is 10.1. The van der Waals surface area contributed by atoms with Crippen LogP contribution in [0.3, 0.4) is 0 Å². The summed E-state index contributed by atoms with van der Waals surface area (Å²) in [7, 11) is 0. The van der Waals surface area contributed by atoms with Gasteiger partial charge in [-0.05, 0) is 30.0 Å². The number of nitrogens with zero attached hydrogens (tertiary/aromatic N) is 2. The quantitative estimate of drug-likeness (QED) is 0.730. The number of nitriles is 1. The SMILES string of the molecule is CC(C)Cc1ccc(-c2[nH]nc3c2[C@H](c2ccco2)C(C#N)=C(N)O3)cc1. The number of benzene rings is 1. The van der Waals surface area contributed by atoms with Gasteiger partial charge in [0.05, 0.1) is 23.4 Å². The highest BCUT2D eigenvalue weighted by molar-refractivity contribution is 5.70. The molecule has 1 aromatic carbocycles. The fraction of sp³-hybridized carbons (Fsp3) is 0.238. The molecule has 1 aliphatic rings. The van der Waals surface area contributed by atoms with E-state index in [1.807, 2.05) is 6.07 Å². The zero-order chi connectivity index (χ0) is 19.0. The average Bonchev–Trinajstić information content (AvgIpc) is 3.30. The van der Waals surface area contributed by atoms with E-state index < -0.39 is 5.92 Å². The van der Waals surface area contributed by atoms with Gasteiger partial charge in [-0.25, -0.2) is 0 Å². The van der Waals surface area contributed by atoms with E-state index in [4.69, 9.17) is 14.9 Å². The summed E-state index contributed by atoms with van der Waals surface area (Å²) in [5, 5.41) is 16.9. The van der Waals surface area contributed by atoms with Crippen molar-refractivity contribution in [3.63, 3.8) is 0 Å². The summed E-state index contributed by atoms with van der Waals surface area (Å²) >= 11 is 0. The van der Waals surface area contributed by atoms with Gasteiger partial charge in [-0.2, -0.15) is 5.26 Å². The van der Waals surface area contributed by atoms with Crippen molar-refractivity contribution in [2.45, 2.75) is 26.2 Å². The number of ether oxygens (including phenoxy) is 1. The maximum absolute atomic E-state index is 9.64. The Bertz CT molecular complexity index is 1020. The molecule has 3 heterocycles. The molecule has 0 unspecified atom stereocenters. The molecule has 6 heteroatoms. The summed E-state index contributed by atoms with van der Waals surface area (Å²) in [4.78, 5) is 0. The molecule has 6 nitrogen and oxygen atoms in total. The van der Waals surface area contributed by atoms with E-state index in [1.54, 1.807) is 12.3 Å². The number of aromatic nitrogens is 2. The van der Waals surface area contributed by atoms with Crippen molar-refractivity contribution in [3.8, 4) is 23.2 Å². The monoisotopic (exact) mass is 360 g/mol. The molecule has 0 saturated heterocycles. The summed E-state index contributed by atoms with van der Waals surface area (Å²) < 4.78 is 11.2. The van der Waals surface area contributed by atoms with Crippen molar-refractivity contribution in [2.75, 3.05) is 0 Å². The van der Waals surface area contributed by atoms with Crippen molar-refractivity contribution in [3.05, 3.63) is 71.0 Å². The molecule has 2 aromatic heterocycles. The number of H-pyrrole nitrogens is 1. The molecule has 0 spiro atoms. The maximum atomic E-state index is 9.64. The van der Waals surface area contributed by atoms with E-state index in [0.717, 1.165) is 23.2 Å². The van der Waals surface area contributed by atoms with Crippen LogP contribution in [-0.2, 0) is 6.42 Å². The Balaban J connectivity index is 1.81. The number of aromatic amines is 1. The van der Waals surface area contributed by atoms with Crippen LogP contribution < -0.4 is 10.5 Å². The number of fused-ring (bicyclic) bond motifs is 1. The normalized spacial score (nSPS) is 16.1. The number of furan rings is 1. The summed E-state index contributed by atoms with van der Waals surface area (Å²) in [6.07, 6.45) is 2.60. The van der Waals surface area contributed by atoms with Crippen LogP contribution in [0.25, 0.3) is 11.3 Å². The van der Waals surface area contributed by atoms with E-state index in [2.05, 4.69) is 54.4 Å². The average molecular weight is 360 g/mol. The summed E-state index contributed by atoms with van der Waals surface area (Å²) in [6.45, 7) is 4.40. The molecule has 0 amide bonds. The van der Waals surface area contributed by atoms with Gasteiger partial charge in [-0.3, -0.25) is 5.10 Å². The highest BCUT2D eigenvalue weighted by Gasteiger charge is 2.37. The van der Waals surface area contributed by atoms with Gasteiger partial charge in [0.2, 0.25) is 11.8 Å². The largest absolute Gasteiger partial charge is 0.468 e. The van der Waals surface area contributed by atoms with Crippen LogP contribution in [0.15, 0.2) is 58.5 Å². The molecule has 0 bridgehead atoms. The van der Waals surface area contributed by atoms with E-state index >= 15 is 0 Å². The van der Waals surface area contributed by atoms with Gasteiger partial charge < -0.3 is 14.9 Å². The molecule has 4 rings (SSSR count). The minimum absolute atomic E-state index is 0.0525. The van der Waals surface area contributed by atoms with Gasteiger partial charge in [0.15, 0.2) is 0 Å². The molecule has 0 fully saturated rings. The van der Waals surface area contributed by atoms with Gasteiger partial charge in [0.1, 0.15) is 17.4 Å². The van der Waals surface area contributed by atoms with Gasteiger partial charge in [0.25, 0.3) is 0 Å². The van der Waals surface area contributed by atoms with Crippen LogP contribution in [0, 0.1) is 17.2 Å². The lowest BCUT2D eigenvalue weighted by molar-refractivity contribution is 0.371. The Morgan fingerprint density at radius 2 is 2.04 bits per heavy atom. The Morgan fingerprint density at radius 3 is 2.67 bits per heavy atom. The van der Waals surface area contributed by atoms with Gasteiger partial charge in [-0.15, -0.1) is 5.10 Å². The molecular formula is C21H20N4O2. The highest BCUT2D eigenvalue weighted by atomic mass is 16.5. The molecule has 136 valence electrons. The van der Waals surface area contributed by atoms with E-state index in [1.165, 1.54) is 5.56 Å². The fourth-order valence-electron chi connectivity index (χ4n) is 3.48. The topological polar surface area (TPSA) is 101 Å². The first-order chi connectivity index (χ1) is 13.1. The number of rotatable bonds is 4. The fourth-order valence-corrected chi connectivity index (χ4v) is 3.48.